The van der Waals surface area contributed by atoms with Crippen molar-refractivity contribution >= 4 is 23.0 Å². The van der Waals surface area contributed by atoms with E-state index in [-0.39, 0.29) is 5.91 Å². The zero-order valence-corrected chi connectivity index (χ0v) is 18.0. The maximum atomic E-state index is 13.2. The Kier molecular flexibility index (Phi) is 6.85. The van der Waals surface area contributed by atoms with Gasteiger partial charge in [0.05, 0.1) is 7.11 Å². The zero-order valence-electron chi connectivity index (χ0n) is 18.0. The van der Waals surface area contributed by atoms with Crippen molar-refractivity contribution in [2.75, 3.05) is 49.6 Å². The van der Waals surface area contributed by atoms with Crippen LogP contribution in [-0.2, 0) is 4.79 Å². The molecule has 1 amide bonds. The lowest BCUT2D eigenvalue weighted by Gasteiger charge is -2.36. The van der Waals surface area contributed by atoms with E-state index >= 15 is 0 Å². The molecule has 0 radical (unpaired) electrons. The Hall–Kier alpha value is -3.31. The Labute approximate surface area is 184 Å². The predicted molar refractivity (Wildman–Crippen MR) is 126 cm³/mol. The van der Waals surface area contributed by atoms with Crippen LogP contribution in [0.4, 0.5) is 17.1 Å². The molecule has 0 atom stereocenters. The lowest BCUT2D eigenvalue weighted by atomic mass is 10.2. The molecule has 5 heteroatoms. The number of para-hydroxylation sites is 2. The second-order valence-electron chi connectivity index (χ2n) is 7.68. The third kappa shape index (κ3) is 5.25. The highest BCUT2D eigenvalue weighted by atomic mass is 16.5. The predicted octanol–water partition coefficient (Wildman–Crippen LogP) is 4.57. The van der Waals surface area contributed by atoms with Gasteiger partial charge in [-0.3, -0.25) is 14.6 Å². The molecule has 0 unspecified atom stereocenters. The van der Waals surface area contributed by atoms with Gasteiger partial charge in [-0.2, -0.15) is 0 Å². The fourth-order valence-electron chi connectivity index (χ4n) is 3.99. The monoisotopic (exact) mass is 415 g/mol. The number of carbonyl (C=O) groups excluding carboxylic acids is 1. The van der Waals surface area contributed by atoms with Gasteiger partial charge in [0.2, 0.25) is 5.91 Å². The van der Waals surface area contributed by atoms with Crippen LogP contribution in [0.5, 0.6) is 5.75 Å². The standard InChI is InChI=1S/C26H29N3O2/c1-31-25-14-8-13-24(21-25)28-19-17-27(18-20-28)16-15-26(30)29(22-9-4-2-5-10-22)23-11-6-3-7-12-23/h2-14,21H,15-20H2,1H3. The molecule has 3 aromatic carbocycles. The Bertz CT molecular complexity index is 931. The number of ether oxygens (including phenoxy) is 1. The molecular weight excluding hydrogens is 386 g/mol. The molecule has 1 aliphatic heterocycles. The minimum atomic E-state index is 0.118. The first-order valence-corrected chi connectivity index (χ1v) is 10.8. The van der Waals surface area contributed by atoms with Crippen molar-refractivity contribution in [2.45, 2.75) is 6.42 Å². The largest absolute Gasteiger partial charge is 0.497 e. The summed E-state index contributed by atoms with van der Waals surface area (Å²) in [6.45, 7) is 4.55. The molecule has 1 heterocycles. The van der Waals surface area contributed by atoms with Crippen LogP contribution in [-0.4, -0.2) is 50.6 Å². The van der Waals surface area contributed by atoms with Crippen LogP contribution >= 0.6 is 0 Å². The molecule has 0 saturated carbocycles. The van der Waals surface area contributed by atoms with E-state index in [1.807, 2.05) is 77.7 Å². The second-order valence-corrected chi connectivity index (χ2v) is 7.68. The quantitative estimate of drug-likeness (QED) is 0.566. The number of amides is 1. The van der Waals surface area contributed by atoms with Crippen molar-refractivity contribution in [3.05, 3.63) is 84.9 Å². The highest BCUT2D eigenvalue weighted by Crippen LogP contribution is 2.26. The van der Waals surface area contributed by atoms with Crippen molar-refractivity contribution in [1.82, 2.24) is 4.90 Å². The third-order valence-electron chi connectivity index (χ3n) is 5.71. The van der Waals surface area contributed by atoms with E-state index in [1.54, 1.807) is 7.11 Å². The fourth-order valence-corrected chi connectivity index (χ4v) is 3.99. The number of benzene rings is 3. The zero-order chi connectivity index (χ0) is 21.5. The number of carbonyl (C=O) groups is 1. The van der Waals surface area contributed by atoms with Gasteiger partial charge in [0.15, 0.2) is 0 Å². The minimum absolute atomic E-state index is 0.118. The van der Waals surface area contributed by atoms with E-state index in [9.17, 15) is 4.79 Å². The summed E-state index contributed by atoms with van der Waals surface area (Å²) in [6.07, 6.45) is 0.489. The van der Waals surface area contributed by atoms with E-state index < -0.39 is 0 Å². The number of hydrogen-bond acceptors (Lipinski definition) is 4. The topological polar surface area (TPSA) is 36.0 Å². The van der Waals surface area contributed by atoms with Crippen LogP contribution in [0.2, 0.25) is 0 Å². The molecule has 0 aromatic heterocycles. The van der Waals surface area contributed by atoms with Crippen molar-refractivity contribution in [3.63, 3.8) is 0 Å². The Morgan fingerprint density at radius 3 is 2.03 bits per heavy atom. The summed E-state index contributed by atoms with van der Waals surface area (Å²) >= 11 is 0. The van der Waals surface area contributed by atoms with Crippen molar-refractivity contribution in [3.8, 4) is 5.75 Å². The number of rotatable bonds is 7. The van der Waals surface area contributed by atoms with Gasteiger partial charge < -0.3 is 9.64 Å². The van der Waals surface area contributed by atoms with E-state index in [4.69, 9.17) is 4.74 Å². The smallest absolute Gasteiger partial charge is 0.232 e. The number of hydrogen-bond donors (Lipinski definition) is 0. The van der Waals surface area contributed by atoms with Gasteiger partial charge in [0.25, 0.3) is 0 Å². The van der Waals surface area contributed by atoms with Crippen LogP contribution in [0.1, 0.15) is 6.42 Å². The molecule has 0 bridgehead atoms. The summed E-state index contributed by atoms with van der Waals surface area (Å²) in [4.78, 5) is 19.8. The lowest BCUT2D eigenvalue weighted by molar-refractivity contribution is -0.118. The molecule has 5 nitrogen and oxygen atoms in total. The molecule has 0 aliphatic carbocycles. The van der Waals surface area contributed by atoms with Gasteiger partial charge in [0.1, 0.15) is 5.75 Å². The first-order valence-electron chi connectivity index (χ1n) is 10.8. The van der Waals surface area contributed by atoms with Gasteiger partial charge in [-0.25, -0.2) is 0 Å². The fraction of sp³-hybridized carbons (Fsp3) is 0.269. The van der Waals surface area contributed by atoms with Crippen LogP contribution < -0.4 is 14.5 Å². The summed E-state index contributed by atoms with van der Waals surface area (Å²) in [5.41, 5.74) is 3.00. The van der Waals surface area contributed by atoms with Crippen LogP contribution in [0.25, 0.3) is 0 Å². The lowest BCUT2D eigenvalue weighted by Crippen LogP contribution is -2.47. The molecule has 3 aromatic rings. The summed E-state index contributed by atoms with van der Waals surface area (Å²) < 4.78 is 5.35. The number of methoxy groups -OCH3 is 1. The number of nitrogens with zero attached hydrogens (tertiary/aromatic N) is 3. The summed E-state index contributed by atoms with van der Waals surface area (Å²) in [5.74, 6) is 1.00. The summed E-state index contributed by atoms with van der Waals surface area (Å²) in [5, 5.41) is 0. The van der Waals surface area contributed by atoms with Gasteiger partial charge in [-0.05, 0) is 36.4 Å². The van der Waals surface area contributed by atoms with Crippen molar-refractivity contribution in [1.29, 1.82) is 0 Å². The molecule has 4 rings (SSSR count). The first kappa shape index (κ1) is 20.9. The molecule has 160 valence electrons. The molecule has 1 fully saturated rings. The van der Waals surface area contributed by atoms with E-state index in [1.165, 1.54) is 5.69 Å². The van der Waals surface area contributed by atoms with Crippen LogP contribution in [0, 0.1) is 0 Å². The van der Waals surface area contributed by atoms with Gasteiger partial charge in [-0.15, -0.1) is 0 Å². The molecule has 0 spiro atoms. The molecule has 0 N–H and O–H groups in total. The van der Waals surface area contributed by atoms with E-state index in [0.29, 0.717) is 6.42 Å². The normalized spacial score (nSPS) is 14.3. The molecule has 31 heavy (non-hydrogen) atoms. The summed E-state index contributed by atoms with van der Waals surface area (Å²) in [7, 11) is 1.70. The van der Waals surface area contributed by atoms with Crippen LogP contribution in [0.3, 0.4) is 0 Å². The molecule has 1 aliphatic rings. The third-order valence-corrected chi connectivity index (χ3v) is 5.71. The Balaban J connectivity index is 1.35. The Morgan fingerprint density at radius 2 is 1.45 bits per heavy atom. The highest BCUT2D eigenvalue weighted by Gasteiger charge is 2.21. The Morgan fingerprint density at radius 1 is 0.839 bits per heavy atom. The van der Waals surface area contributed by atoms with Crippen LogP contribution in [0.15, 0.2) is 84.9 Å². The van der Waals surface area contributed by atoms with Gasteiger partial charge in [0, 0.05) is 62.3 Å². The van der Waals surface area contributed by atoms with E-state index in [2.05, 4.69) is 21.9 Å². The first-order chi connectivity index (χ1) is 15.2. The average Bonchev–Trinajstić information content (AvgIpc) is 2.84. The van der Waals surface area contributed by atoms with Gasteiger partial charge >= 0.3 is 0 Å². The number of anilines is 3. The van der Waals surface area contributed by atoms with Gasteiger partial charge in [-0.1, -0.05) is 42.5 Å². The highest BCUT2D eigenvalue weighted by molar-refractivity contribution is 6.00. The molecular formula is C26H29N3O2. The average molecular weight is 416 g/mol. The maximum absolute atomic E-state index is 13.2. The number of piperazine rings is 1. The minimum Gasteiger partial charge on any atom is -0.497 e. The SMILES string of the molecule is COc1cccc(N2CCN(CCC(=O)N(c3ccccc3)c3ccccc3)CC2)c1. The van der Waals surface area contributed by atoms with Crippen molar-refractivity contribution in [2.24, 2.45) is 0 Å². The van der Waals surface area contributed by atoms with E-state index in [0.717, 1.165) is 49.8 Å². The van der Waals surface area contributed by atoms with Crippen molar-refractivity contribution < 1.29 is 9.53 Å². The summed E-state index contributed by atoms with van der Waals surface area (Å²) in [6, 6.07) is 28.0. The molecule has 1 saturated heterocycles. The maximum Gasteiger partial charge on any atom is 0.232 e. The second kappa shape index (κ2) is 10.1.